The first-order chi connectivity index (χ1) is 6.50. The van der Waals surface area contributed by atoms with E-state index in [0.717, 1.165) is 22.3 Å². The highest BCUT2D eigenvalue weighted by Gasteiger charge is 2.12. The summed E-state index contributed by atoms with van der Waals surface area (Å²) in [7, 11) is 0. The first-order valence-corrected chi connectivity index (χ1v) is 4.47. The van der Waals surface area contributed by atoms with Crippen molar-refractivity contribution in [1.82, 2.24) is 0 Å². The van der Waals surface area contributed by atoms with Gasteiger partial charge in [-0.2, -0.15) is 0 Å². The van der Waals surface area contributed by atoms with Crippen molar-refractivity contribution in [3.8, 4) is 5.75 Å². The van der Waals surface area contributed by atoms with Crippen LogP contribution in [-0.4, -0.2) is 16.5 Å². The lowest BCUT2D eigenvalue weighted by Crippen LogP contribution is -1.98. The molecule has 0 aliphatic carbocycles. The summed E-state index contributed by atoms with van der Waals surface area (Å²) in [5, 5.41) is 21.2. The Kier molecular flexibility index (Phi) is 2.79. The predicted molar refractivity (Wildman–Crippen MR) is 56.4 cm³/mol. The molecule has 0 aliphatic rings. The van der Waals surface area contributed by atoms with Crippen LogP contribution in [-0.2, 0) is 0 Å². The standard InChI is InChI=1S/C11H15NO2/c1-6-7(2)9(4)11(13)10(5-12-14)8(6)3/h5,13-14H,1-4H3/b12-5+. The molecule has 3 nitrogen and oxygen atoms in total. The summed E-state index contributed by atoms with van der Waals surface area (Å²) < 4.78 is 0. The zero-order valence-corrected chi connectivity index (χ0v) is 8.92. The Hall–Kier alpha value is -1.51. The highest BCUT2D eigenvalue weighted by Crippen LogP contribution is 2.30. The average Bonchev–Trinajstić information content (AvgIpc) is 2.19. The summed E-state index contributed by atoms with van der Waals surface area (Å²) in [6.45, 7) is 7.72. The van der Waals surface area contributed by atoms with Crippen molar-refractivity contribution in [2.24, 2.45) is 5.16 Å². The normalized spacial score (nSPS) is 11.1. The number of hydrogen-bond acceptors (Lipinski definition) is 3. The van der Waals surface area contributed by atoms with Gasteiger partial charge in [-0.3, -0.25) is 0 Å². The van der Waals surface area contributed by atoms with Gasteiger partial charge in [-0.05, 0) is 49.9 Å². The third-order valence-corrected chi connectivity index (χ3v) is 2.89. The molecule has 1 rings (SSSR count). The molecule has 0 atom stereocenters. The zero-order valence-electron chi connectivity index (χ0n) is 8.92. The smallest absolute Gasteiger partial charge is 0.127 e. The quantitative estimate of drug-likeness (QED) is 0.409. The second-order valence-corrected chi connectivity index (χ2v) is 3.51. The lowest BCUT2D eigenvalue weighted by molar-refractivity contribution is 0.321. The van der Waals surface area contributed by atoms with E-state index in [9.17, 15) is 5.11 Å². The van der Waals surface area contributed by atoms with Crippen molar-refractivity contribution in [2.45, 2.75) is 27.7 Å². The fourth-order valence-corrected chi connectivity index (χ4v) is 1.54. The van der Waals surface area contributed by atoms with E-state index >= 15 is 0 Å². The summed E-state index contributed by atoms with van der Waals surface area (Å²) in [5.74, 6) is 0.198. The number of benzene rings is 1. The third kappa shape index (κ3) is 1.45. The predicted octanol–water partition coefficient (Wildman–Crippen LogP) is 2.43. The summed E-state index contributed by atoms with van der Waals surface area (Å²) in [6, 6.07) is 0. The van der Waals surface area contributed by atoms with Gasteiger partial charge in [-0.25, -0.2) is 0 Å². The zero-order chi connectivity index (χ0) is 10.9. The van der Waals surface area contributed by atoms with Crippen LogP contribution >= 0.6 is 0 Å². The maximum absolute atomic E-state index is 9.81. The van der Waals surface area contributed by atoms with E-state index in [1.54, 1.807) is 0 Å². The van der Waals surface area contributed by atoms with Crippen molar-refractivity contribution in [3.05, 3.63) is 27.8 Å². The van der Waals surface area contributed by atoms with Crippen molar-refractivity contribution < 1.29 is 10.3 Å². The molecule has 2 N–H and O–H groups in total. The van der Waals surface area contributed by atoms with E-state index in [-0.39, 0.29) is 5.75 Å². The highest BCUT2D eigenvalue weighted by atomic mass is 16.4. The minimum Gasteiger partial charge on any atom is -0.507 e. The SMILES string of the molecule is Cc1c(C)c(C)c(/C=N/O)c(O)c1C. The molecule has 0 saturated carbocycles. The number of aromatic hydroxyl groups is 1. The van der Waals surface area contributed by atoms with Crippen LogP contribution in [0.4, 0.5) is 0 Å². The Balaban J connectivity index is 3.59. The van der Waals surface area contributed by atoms with Crippen molar-refractivity contribution in [3.63, 3.8) is 0 Å². The van der Waals surface area contributed by atoms with Crippen LogP contribution in [0.3, 0.4) is 0 Å². The number of hydrogen-bond donors (Lipinski definition) is 2. The topological polar surface area (TPSA) is 52.8 Å². The lowest BCUT2D eigenvalue weighted by Gasteiger charge is -2.13. The van der Waals surface area contributed by atoms with Crippen molar-refractivity contribution >= 4 is 6.21 Å². The van der Waals surface area contributed by atoms with E-state index in [1.165, 1.54) is 6.21 Å². The van der Waals surface area contributed by atoms with Crippen molar-refractivity contribution in [1.29, 1.82) is 0 Å². The Bertz CT molecular complexity index is 366. The van der Waals surface area contributed by atoms with E-state index in [2.05, 4.69) is 5.16 Å². The van der Waals surface area contributed by atoms with E-state index in [4.69, 9.17) is 5.21 Å². The van der Waals surface area contributed by atoms with Gasteiger partial charge in [-0.15, -0.1) is 0 Å². The van der Waals surface area contributed by atoms with Gasteiger partial charge in [0.1, 0.15) is 5.75 Å². The van der Waals surface area contributed by atoms with Crippen LogP contribution in [0.2, 0.25) is 0 Å². The third-order valence-electron chi connectivity index (χ3n) is 2.89. The van der Waals surface area contributed by atoms with Crippen LogP contribution in [0.25, 0.3) is 0 Å². The molecule has 0 aromatic heterocycles. The highest BCUT2D eigenvalue weighted by molar-refractivity contribution is 5.86. The van der Waals surface area contributed by atoms with Crippen LogP contribution < -0.4 is 0 Å². The Morgan fingerprint density at radius 3 is 1.93 bits per heavy atom. The Labute approximate surface area is 83.7 Å². The first-order valence-electron chi connectivity index (χ1n) is 4.47. The number of oxime groups is 1. The molecular weight excluding hydrogens is 178 g/mol. The molecule has 0 spiro atoms. The number of phenolic OH excluding ortho intramolecular Hbond substituents is 1. The van der Waals surface area contributed by atoms with Crippen LogP contribution in [0, 0.1) is 27.7 Å². The fraction of sp³-hybridized carbons (Fsp3) is 0.364. The van der Waals surface area contributed by atoms with E-state index in [1.807, 2.05) is 27.7 Å². The molecule has 0 heterocycles. The molecule has 0 amide bonds. The van der Waals surface area contributed by atoms with Crippen molar-refractivity contribution in [2.75, 3.05) is 0 Å². The molecule has 0 unspecified atom stereocenters. The molecule has 14 heavy (non-hydrogen) atoms. The van der Waals surface area contributed by atoms with Crippen LogP contribution in [0.5, 0.6) is 5.75 Å². The Morgan fingerprint density at radius 1 is 0.929 bits per heavy atom. The second-order valence-electron chi connectivity index (χ2n) is 3.51. The van der Waals surface area contributed by atoms with Gasteiger partial charge in [0.15, 0.2) is 0 Å². The molecule has 76 valence electrons. The molecule has 0 saturated heterocycles. The van der Waals surface area contributed by atoms with Gasteiger partial charge >= 0.3 is 0 Å². The van der Waals surface area contributed by atoms with E-state index < -0.39 is 0 Å². The maximum Gasteiger partial charge on any atom is 0.127 e. The maximum atomic E-state index is 9.81. The number of phenols is 1. The summed E-state index contributed by atoms with van der Waals surface area (Å²) in [4.78, 5) is 0. The lowest BCUT2D eigenvalue weighted by atomic mass is 9.94. The van der Waals surface area contributed by atoms with Crippen LogP contribution in [0.1, 0.15) is 27.8 Å². The molecule has 0 fully saturated rings. The van der Waals surface area contributed by atoms with Gasteiger partial charge in [-0.1, -0.05) is 5.16 Å². The van der Waals surface area contributed by atoms with Gasteiger partial charge in [0.05, 0.1) is 6.21 Å². The second kappa shape index (κ2) is 3.70. The average molecular weight is 193 g/mol. The Morgan fingerprint density at radius 2 is 1.43 bits per heavy atom. The fourth-order valence-electron chi connectivity index (χ4n) is 1.54. The van der Waals surface area contributed by atoms with Crippen LogP contribution in [0.15, 0.2) is 5.16 Å². The first kappa shape index (κ1) is 10.6. The number of rotatable bonds is 1. The molecule has 3 heteroatoms. The summed E-state index contributed by atoms with van der Waals surface area (Å²) in [5.41, 5.74) is 4.57. The molecule has 0 bridgehead atoms. The number of nitrogens with zero attached hydrogens (tertiary/aromatic N) is 1. The van der Waals surface area contributed by atoms with Gasteiger partial charge in [0.2, 0.25) is 0 Å². The van der Waals surface area contributed by atoms with Gasteiger partial charge in [0.25, 0.3) is 0 Å². The molecule has 0 radical (unpaired) electrons. The summed E-state index contributed by atoms with van der Waals surface area (Å²) in [6.07, 6.45) is 1.27. The summed E-state index contributed by atoms with van der Waals surface area (Å²) >= 11 is 0. The minimum atomic E-state index is 0.198. The molecular formula is C11H15NO2. The van der Waals surface area contributed by atoms with E-state index in [0.29, 0.717) is 5.56 Å². The van der Waals surface area contributed by atoms with Gasteiger partial charge in [0, 0.05) is 5.56 Å². The van der Waals surface area contributed by atoms with Gasteiger partial charge < -0.3 is 10.3 Å². The largest absolute Gasteiger partial charge is 0.507 e. The molecule has 1 aromatic carbocycles. The monoisotopic (exact) mass is 193 g/mol. The minimum absolute atomic E-state index is 0.198. The molecule has 0 aliphatic heterocycles. The molecule has 1 aromatic rings.